The highest BCUT2D eigenvalue weighted by Gasteiger charge is 2.10. The predicted octanol–water partition coefficient (Wildman–Crippen LogP) is 4.02. The van der Waals surface area contributed by atoms with Crippen molar-refractivity contribution < 1.29 is 4.74 Å². The fourth-order valence-electron chi connectivity index (χ4n) is 1.49. The van der Waals surface area contributed by atoms with Crippen LogP contribution in [0.3, 0.4) is 0 Å². The molecule has 0 aliphatic rings. The van der Waals surface area contributed by atoms with Gasteiger partial charge in [-0.25, -0.2) is 0 Å². The SMILES string of the molecule is CC[C@@H](C)Oc1c(I)ccc2cccnc12. The minimum atomic E-state index is 0.223. The number of aromatic nitrogens is 1. The van der Waals surface area contributed by atoms with E-state index < -0.39 is 0 Å². The molecular weight excluding hydrogens is 313 g/mol. The van der Waals surface area contributed by atoms with Crippen LogP contribution in [0, 0.1) is 3.57 Å². The highest BCUT2D eigenvalue weighted by molar-refractivity contribution is 14.1. The van der Waals surface area contributed by atoms with Gasteiger partial charge in [0.15, 0.2) is 5.75 Å². The number of benzene rings is 1. The van der Waals surface area contributed by atoms with Crippen molar-refractivity contribution in [3.63, 3.8) is 0 Å². The average molecular weight is 327 g/mol. The maximum Gasteiger partial charge on any atom is 0.159 e. The molecule has 0 aliphatic heterocycles. The van der Waals surface area contributed by atoms with Gasteiger partial charge >= 0.3 is 0 Å². The van der Waals surface area contributed by atoms with Crippen LogP contribution in [0.2, 0.25) is 0 Å². The standard InChI is InChI=1S/C13H14INO/c1-3-9(2)16-13-11(14)7-6-10-5-4-8-15-12(10)13/h4-9H,3H2,1-2H3/t9-/m1/s1. The van der Waals surface area contributed by atoms with E-state index in [1.54, 1.807) is 0 Å². The lowest BCUT2D eigenvalue weighted by Gasteiger charge is -2.15. The van der Waals surface area contributed by atoms with Gasteiger partial charge in [-0.3, -0.25) is 4.98 Å². The molecule has 2 nitrogen and oxygen atoms in total. The van der Waals surface area contributed by atoms with Gasteiger partial charge in [-0.15, -0.1) is 0 Å². The summed E-state index contributed by atoms with van der Waals surface area (Å²) in [6.07, 6.45) is 3.03. The maximum absolute atomic E-state index is 5.94. The van der Waals surface area contributed by atoms with Crippen molar-refractivity contribution in [2.24, 2.45) is 0 Å². The van der Waals surface area contributed by atoms with Crippen LogP contribution in [0.5, 0.6) is 5.75 Å². The largest absolute Gasteiger partial charge is 0.487 e. The summed E-state index contributed by atoms with van der Waals surface area (Å²) in [6, 6.07) is 8.15. The first-order valence-electron chi connectivity index (χ1n) is 5.42. The topological polar surface area (TPSA) is 22.1 Å². The highest BCUT2D eigenvalue weighted by atomic mass is 127. The molecule has 0 amide bonds. The van der Waals surface area contributed by atoms with E-state index in [2.05, 4.69) is 59.6 Å². The van der Waals surface area contributed by atoms with E-state index in [0.29, 0.717) is 0 Å². The zero-order chi connectivity index (χ0) is 11.5. The number of halogens is 1. The summed E-state index contributed by atoms with van der Waals surface area (Å²) in [6.45, 7) is 4.20. The summed E-state index contributed by atoms with van der Waals surface area (Å²) < 4.78 is 7.05. The lowest BCUT2D eigenvalue weighted by molar-refractivity contribution is 0.218. The highest BCUT2D eigenvalue weighted by Crippen LogP contribution is 2.30. The lowest BCUT2D eigenvalue weighted by Crippen LogP contribution is -2.11. The lowest BCUT2D eigenvalue weighted by atomic mass is 10.2. The Morgan fingerprint density at radius 3 is 2.94 bits per heavy atom. The number of nitrogens with zero attached hydrogens (tertiary/aromatic N) is 1. The number of rotatable bonds is 3. The van der Waals surface area contributed by atoms with E-state index in [4.69, 9.17) is 4.74 Å². The van der Waals surface area contributed by atoms with Gasteiger partial charge in [0.25, 0.3) is 0 Å². The Kier molecular flexibility index (Phi) is 3.63. The fraction of sp³-hybridized carbons (Fsp3) is 0.308. The Morgan fingerprint density at radius 1 is 1.38 bits per heavy atom. The summed E-state index contributed by atoms with van der Waals surface area (Å²) in [5.74, 6) is 0.910. The third-order valence-electron chi connectivity index (χ3n) is 2.57. The summed E-state index contributed by atoms with van der Waals surface area (Å²) in [7, 11) is 0. The molecule has 16 heavy (non-hydrogen) atoms. The Labute approximate surface area is 109 Å². The Balaban J connectivity index is 2.52. The molecule has 2 rings (SSSR count). The third-order valence-corrected chi connectivity index (χ3v) is 3.42. The summed E-state index contributed by atoms with van der Waals surface area (Å²) in [5, 5.41) is 1.13. The number of fused-ring (bicyclic) bond motifs is 1. The van der Waals surface area contributed by atoms with Crippen LogP contribution >= 0.6 is 22.6 Å². The second-order valence-electron chi connectivity index (χ2n) is 3.79. The predicted molar refractivity (Wildman–Crippen MR) is 74.8 cm³/mol. The van der Waals surface area contributed by atoms with E-state index >= 15 is 0 Å². The van der Waals surface area contributed by atoms with E-state index in [1.807, 2.05) is 12.3 Å². The average Bonchev–Trinajstić information content (AvgIpc) is 2.32. The van der Waals surface area contributed by atoms with E-state index in [0.717, 1.165) is 26.6 Å². The monoisotopic (exact) mass is 327 g/mol. The van der Waals surface area contributed by atoms with E-state index in [1.165, 1.54) is 0 Å². The van der Waals surface area contributed by atoms with Crippen LogP contribution in [0.4, 0.5) is 0 Å². The molecule has 0 fully saturated rings. The molecule has 1 aromatic heterocycles. The molecule has 0 saturated heterocycles. The Morgan fingerprint density at radius 2 is 2.19 bits per heavy atom. The van der Waals surface area contributed by atoms with Crippen LogP contribution in [0.15, 0.2) is 30.5 Å². The van der Waals surface area contributed by atoms with Gasteiger partial charge in [0.05, 0.1) is 9.67 Å². The number of ether oxygens (including phenoxy) is 1. The van der Waals surface area contributed by atoms with Gasteiger partial charge < -0.3 is 4.74 Å². The molecule has 0 aliphatic carbocycles. The quantitative estimate of drug-likeness (QED) is 0.795. The first-order chi connectivity index (χ1) is 7.72. The molecule has 0 spiro atoms. The fourth-order valence-corrected chi connectivity index (χ4v) is 2.05. The second kappa shape index (κ2) is 4.99. The molecule has 84 valence electrons. The smallest absolute Gasteiger partial charge is 0.159 e. The molecule has 1 atom stereocenters. The zero-order valence-electron chi connectivity index (χ0n) is 9.40. The van der Waals surface area contributed by atoms with Crippen molar-refractivity contribution in [3.8, 4) is 5.75 Å². The molecule has 1 heterocycles. The zero-order valence-corrected chi connectivity index (χ0v) is 11.6. The summed E-state index contributed by atoms with van der Waals surface area (Å²) in [5.41, 5.74) is 0.953. The Bertz CT molecular complexity index is 498. The van der Waals surface area contributed by atoms with Crippen molar-refractivity contribution in [3.05, 3.63) is 34.0 Å². The van der Waals surface area contributed by atoms with Gasteiger partial charge in [-0.2, -0.15) is 0 Å². The molecule has 0 unspecified atom stereocenters. The minimum Gasteiger partial charge on any atom is -0.487 e. The molecule has 2 aromatic rings. The molecular formula is C13H14INO. The van der Waals surface area contributed by atoms with E-state index in [9.17, 15) is 0 Å². The van der Waals surface area contributed by atoms with Crippen molar-refractivity contribution in [2.75, 3.05) is 0 Å². The third kappa shape index (κ3) is 2.29. The molecule has 0 saturated carbocycles. The summed E-state index contributed by atoms with van der Waals surface area (Å²) >= 11 is 2.29. The van der Waals surface area contributed by atoms with Gasteiger partial charge in [-0.05, 0) is 48.1 Å². The van der Waals surface area contributed by atoms with Crippen LogP contribution in [-0.4, -0.2) is 11.1 Å². The molecule has 0 N–H and O–H groups in total. The first-order valence-corrected chi connectivity index (χ1v) is 6.50. The van der Waals surface area contributed by atoms with Crippen molar-refractivity contribution in [1.82, 2.24) is 4.98 Å². The van der Waals surface area contributed by atoms with Crippen LogP contribution < -0.4 is 4.74 Å². The number of hydrogen-bond acceptors (Lipinski definition) is 2. The van der Waals surface area contributed by atoms with Crippen LogP contribution in [0.1, 0.15) is 20.3 Å². The molecule has 0 bridgehead atoms. The van der Waals surface area contributed by atoms with Crippen LogP contribution in [0.25, 0.3) is 10.9 Å². The second-order valence-corrected chi connectivity index (χ2v) is 4.95. The van der Waals surface area contributed by atoms with Gasteiger partial charge in [-0.1, -0.05) is 19.1 Å². The maximum atomic E-state index is 5.94. The van der Waals surface area contributed by atoms with Crippen molar-refractivity contribution in [2.45, 2.75) is 26.4 Å². The Hall–Kier alpha value is -0.840. The molecule has 0 radical (unpaired) electrons. The van der Waals surface area contributed by atoms with Gasteiger partial charge in [0.2, 0.25) is 0 Å². The van der Waals surface area contributed by atoms with Crippen molar-refractivity contribution >= 4 is 33.5 Å². The minimum absolute atomic E-state index is 0.223. The molecule has 1 aromatic carbocycles. The summed E-state index contributed by atoms with van der Waals surface area (Å²) in [4.78, 5) is 4.40. The van der Waals surface area contributed by atoms with Gasteiger partial charge in [0.1, 0.15) is 5.52 Å². The normalized spacial score (nSPS) is 12.7. The number of hydrogen-bond donors (Lipinski definition) is 0. The van der Waals surface area contributed by atoms with Gasteiger partial charge in [0, 0.05) is 11.6 Å². The van der Waals surface area contributed by atoms with E-state index in [-0.39, 0.29) is 6.10 Å². The van der Waals surface area contributed by atoms with Crippen molar-refractivity contribution in [1.29, 1.82) is 0 Å². The van der Waals surface area contributed by atoms with Crippen LogP contribution in [-0.2, 0) is 0 Å². The first kappa shape index (κ1) is 11.6. The number of pyridine rings is 1. The molecule has 3 heteroatoms.